The Bertz CT molecular complexity index is 273. The van der Waals surface area contributed by atoms with Gasteiger partial charge in [-0.25, -0.2) is 0 Å². The molecule has 0 amide bonds. The van der Waals surface area contributed by atoms with Crippen molar-refractivity contribution in [2.75, 3.05) is 13.2 Å². The van der Waals surface area contributed by atoms with Gasteiger partial charge < -0.3 is 10.5 Å². The Hall–Kier alpha value is -0.860. The lowest BCUT2D eigenvalue weighted by molar-refractivity contribution is 0.133. The lowest BCUT2D eigenvalue weighted by Gasteiger charge is -2.14. The first-order valence-corrected chi connectivity index (χ1v) is 5.15. The number of hydrogen-bond acceptors (Lipinski definition) is 2. The maximum absolute atomic E-state index is 5.66. The molecular formula is C12H19NO. The summed E-state index contributed by atoms with van der Waals surface area (Å²) in [6.07, 6.45) is 0. The van der Waals surface area contributed by atoms with Crippen LogP contribution in [0.25, 0.3) is 0 Å². The molecule has 0 saturated heterocycles. The standard InChI is InChI=1S/C12H19NO/c1-3-14-9-11-6-4-5-7-12(11)10(2)8-13/h4-7,10H,3,8-9,13H2,1-2H3. The first-order valence-electron chi connectivity index (χ1n) is 5.15. The van der Waals surface area contributed by atoms with E-state index < -0.39 is 0 Å². The molecule has 2 N–H and O–H groups in total. The molecule has 1 rings (SSSR count). The van der Waals surface area contributed by atoms with Crippen LogP contribution in [-0.4, -0.2) is 13.2 Å². The van der Waals surface area contributed by atoms with Gasteiger partial charge in [-0.05, 0) is 30.5 Å². The smallest absolute Gasteiger partial charge is 0.0719 e. The van der Waals surface area contributed by atoms with E-state index in [1.165, 1.54) is 11.1 Å². The molecule has 0 saturated carbocycles. The van der Waals surface area contributed by atoms with Gasteiger partial charge >= 0.3 is 0 Å². The van der Waals surface area contributed by atoms with Gasteiger partial charge in [-0.3, -0.25) is 0 Å². The molecule has 1 aromatic rings. The highest BCUT2D eigenvalue weighted by Gasteiger charge is 2.07. The van der Waals surface area contributed by atoms with Crippen molar-refractivity contribution < 1.29 is 4.74 Å². The lowest BCUT2D eigenvalue weighted by Crippen LogP contribution is -2.11. The van der Waals surface area contributed by atoms with Crippen LogP contribution >= 0.6 is 0 Å². The topological polar surface area (TPSA) is 35.2 Å². The normalized spacial score (nSPS) is 12.8. The summed E-state index contributed by atoms with van der Waals surface area (Å²) in [5.74, 6) is 0.409. The van der Waals surface area contributed by atoms with E-state index in [2.05, 4.69) is 25.1 Å². The quantitative estimate of drug-likeness (QED) is 0.778. The fourth-order valence-electron chi connectivity index (χ4n) is 1.49. The fraction of sp³-hybridized carbons (Fsp3) is 0.500. The van der Waals surface area contributed by atoms with E-state index in [-0.39, 0.29) is 0 Å². The van der Waals surface area contributed by atoms with Gasteiger partial charge in [0.15, 0.2) is 0 Å². The predicted molar refractivity (Wildman–Crippen MR) is 59.2 cm³/mol. The number of ether oxygens (including phenoxy) is 1. The zero-order valence-corrected chi connectivity index (χ0v) is 8.99. The van der Waals surface area contributed by atoms with Gasteiger partial charge in [0, 0.05) is 6.61 Å². The third-order valence-corrected chi connectivity index (χ3v) is 2.40. The van der Waals surface area contributed by atoms with E-state index in [1.807, 2.05) is 13.0 Å². The molecule has 0 aromatic heterocycles. The zero-order chi connectivity index (χ0) is 10.4. The van der Waals surface area contributed by atoms with E-state index in [4.69, 9.17) is 10.5 Å². The molecule has 0 heterocycles. The van der Waals surface area contributed by atoms with Crippen LogP contribution < -0.4 is 5.73 Å². The summed E-state index contributed by atoms with van der Waals surface area (Å²) in [5, 5.41) is 0. The number of benzene rings is 1. The maximum atomic E-state index is 5.66. The molecule has 0 radical (unpaired) electrons. The van der Waals surface area contributed by atoms with Crippen molar-refractivity contribution in [3.63, 3.8) is 0 Å². The minimum Gasteiger partial charge on any atom is -0.377 e. The summed E-state index contributed by atoms with van der Waals surface area (Å²) in [4.78, 5) is 0. The molecular weight excluding hydrogens is 174 g/mol. The van der Waals surface area contributed by atoms with Crippen molar-refractivity contribution >= 4 is 0 Å². The molecule has 1 aromatic carbocycles. The van der Waals surface area contributed by atoms with Crippen LogP contribution in [0.15, 0.2) is 24.3 Å². The Morgan fingerprint density at radius 1 is 1.36 bits per heavy atom. The number of hydrogen-bond donors (Lipinski definition) is 1. The summed E-state index contributed by atoms with van der Waals surface area (Å²) in [6.45, 7) is 6.28. The molecule has 0 aliphatic rings. The second-order valence-electron chi connectivity index (χ2n) is 3.47. The van der Waals surface area contributed by atoms with Gasteiger partial charge in [0.05, 0.1) is 6.61 Å². The summed E-state index contributed by atoms with van der Waals surface area (Å²) in [7, 11) is 0. The van der Waals surface area contributed by atoms with Crippen molar-refractivity contribution in [3.8, 4) is 0 Å². The van der Waals surface area contributed by atoms with E-state index in [1.54, 1.807) is 0 Å². The first-order chi connectivity index (χ1) is 6.79. The molecule has 78 valence electrons. The van der Waals surface area contributed by atoms with E-state index in [0.29, 0.717) is 19.1 Å². The van der Waals surface area contributed by atoms with Crippen molar-refractivity contribution in [3.05, 3.63) is 35.4 Å². The Kier molecular flexibility index (Phi) is 4.63. The largest absolute Gasteiger partial charge is 0.377 e. The van der Waals surface area contributed by atoms with Crippen LogP contribution in [0.4, 0.5) is 0 Å². The van der Waals surface area contributed by atoms with Gasteiger partial charge in [-0.15, -0.1) is 0 Å². The van der Waals surface area contributed by atoms with Crippen molar-refractivity contribution in [1.82, 2.24) is 0 Å². The van der Waals surface area contributed by atoms with E-state index >= 15 is 0 Å². The van der Waals surface area contributed by atoms with Gasteiger partial charge in [0.1, 0.15) is 0 Å². The van der Waals surface area contributed by atoms with E-state index in [9.17, 15) is 0 Å². The van der Waals surface area contributed by atoms with Crippen LogP contribution in [0.1, 0.15) is 30.9 Å². The second-order valence-corrected chi connectivity index (χ2v) is 3.47. The minimum atomic E-state index is 0.409. The Labute approximate surface area is 86.1 Å². The zero-order valence-electron chi connectivity index (χ0n) is 8.99. The molecule has 0 aliphatic carbocycles. The highest BCUT2D eigenvalue weighted by atomic mass is 16.5. The van der Waals surface area contributed by atoms with Crippen molar-refractivity contribution in [2.45, 2.75) is 26.4 Å². The van der Waals surface area contributed by atoms with Gasteiger partial charge in [-0.2, -0.15) is 0 Å². The molecule has 1 atom stereocenters. The van der Waals surface area contributed by atoms with Crippen LogP contribution in [0.5, 0.6) is 0 Å². The summed E-state index contributed by atoms with van der Waals surface area (Å²) < 4.78 is 5.41. The monoisotopic (exact) mass is 193 g/mol. The van der Waals surface area contributed by atoms with Crippen LogP contribution in [0.3, 0.4) is 0 Å². The van der Waals surface area contributed by atoms with Crippen molar-refractivity contribution in [2.24, 2.45) is 5.73 Å². The summed E-state index contributed by atoms with van der Waals surface area (Å²) in [5.41, 5.74) is 8.23. The third-order valence-electron chi connectivity index (χ3n) is 2.40. The SMILES string of the molecule is CCOCc1ccccc1C(C)CN. The molecule has 0 spiro atoms. The lowest BCUT2D eigenvalue weighted by atomic mass is 9.96. The Morgan fingerprint density at radius 2 is 2.07 bits per heavy atom. The fourth-order valence-corrected chi connectivity index (χ4v) is 1.49. The molecule has 0 aliphatic heterocycles. The molecule has 14 heavy (non-hydrogen) atoms. The molecule has 0 fully saturated rings. The van der Waals surface area contributed by atoms with Gasteiger partial charge in [-0.1, -0.05) is 31.2 Å². The van der Waals surface area contributed by atoms with Crippen LogP contribution in [0, 0.1) is 0 Å². The Morgan fingerprint density at radius 3 is 2.71 bits per heavy atom. The summed E-state index contributed by atoms with van der Waals surface area (Å²) in [6, 6.07) is 8.33. The average Bonchev–Trinajstić information content (AvgIpc) is 2.25. The van der Waals surface area contributed by atoms with E-state index in [0.717, 1.165) is 6.61 Å². The molecule has 0 bridgehead atoms. The Balaban J connectivity index is 2.79. The van der Waals surface area contributed by atoms with Crippen LogP contribution in [0.2, 0.25) is 0 Å². The summed E-state index contributed by atoms with van der Waals surface area (Å²) >= 11 is 0. The molecule has 2 heteroatoms. The maximum Gasteiger partial charge on any atom is 0.0719 e. The van der Waals surface area contributed by atoms with Crippen molar-refractivity contribution in [1.29, 1.82) is 0 Å². The van der Waals surface area contributed by atoms with Crippen LogP contribution in [-0.2, 0) is 11.3 Å². The first kappa shape index (κ1) is 11.2. The number of nitrogens with two attached hydrogens (primary N) is 1. The third kappa shape index (κ3) is 2.82. The minimum absolute atomic E-state index is 0.409. The average molecular weight is 193 g/mol. The van der Waals surface area contributed by atoms with Gasteiger partial charge in [0.25, 0.3) is 0 Å². The highest BCUT2D eigenvalue weighted by molar-refractivity contribution is 5.29. The molecule has 2 nitrogen and oxygen atoms in total. The molecule has 1 unspecified atom stereocenters. The number of rotatable bonds is 5. The second kappa shape index (κ2) is 5.78. The highest BCUT2D eigenvalue weighted by Crippen LogP contribution is 2.19. The van der Waals surface area contributed by atoms with Gasteiger partial charge in [0.2, 0.25) is 0 Å². The predicted octanol–water partition coefficient (Wildman–Crippen LogP) is 2.29.